The third-order valence-corrected chi connectivity index (χ3v) is 1.73. The fraction of sp³-hybridized carbons (Fsp3) is 0.200. The third kappa shape index (κ3) is 1.86. The van der Waals surface area contributed by atoms with Crippen LogP contribution in [-0.4, -0.2) is 16.8 Å². The highest BCUT2D eigenvalue weighted by Crippen LogP contribution is 2.23. The molecule has 0 saturated heterocycles. The average molecular weight is 164 g/mol. The normalized spacial score (nSPS) is 11.7. The number of hydrogen-bond donors (Lipinski definition) is 2. The maximum absolute atomic E-state index is 9.39. The molecular formula is C10H12O2. The molecule has 1 aromatic carbocycles. The first-order chi connectivity index (χ1) is 5.75. The quantitative estimate of drug-likeness (QED) is 0.699. The van der Waals surface area contributed by atoms with Crippen LogP contribution in [-0.2, 0) is 0 Å². The first kappa shape index (κ1) is 8.81. The summed E-state index contributed by atoms with van der Waals surface area (Å²) >= 11 is 0. The van der Waals surface area contributed by atoms with Crippen LogP contribution in [0.5, 0.6) is 5.75 Å². The Labute approximate surface area is 71.8 Å². The molecule has 0 aliphatic rings. The zero-order valence-corrected chi connectivity index (χ0v) is 6.99. The summed E-state index contributed by atoms with van der Waals surface area (Å²) in [4.78, 5) is 0. The van der Waals surface area contributed by atoms with Crippen LogP contribution >= 0.6 is 0 Å². The Balaban J connectivity index is 3.02. The summed E-state index contributed by atoms with van der Waals surface area (Å²) in [5.74, 6) is 0.250. The Bertz CT molecular complexity index is 290. The Morgan fingerprint density at radius 3 is 2.67 bits per heavy atom. The number of phenols is 1. The molecule has 0 fully saturated rings. The van der Waals surface area contributed by atoms with E-state index in [1.165, 1.54) is 0 Å². The van der Waals surface area contributed by atoms with Crippen molar-refractivity contribution in [2.45, 2.75) is 6.92 Å². The van der Waals surface area contributed by atoms with Gasteiger partial charge in [0.2, 0.25) is 0 Å². The number of benzene rings is 1. The highest BCUT2D eigenvalue weighted by Gasteiger charge is 1.99. The molecule has 2 nitrogen and oxygen atoms in total. The maximum atomic E-state index is 9.39. The first-order valence-electron chi connectivity index (χ1n) is 3.81. The van der Waals surface area contributed by atoms with Gasteiger partial charge in [-0.25, -0.2) is 0 Å². The van der Waals surface area contributed by atoms with Crippen molar-refractivity contribution in [3.8, 4) is 5.75 Å². The van der Waals surface area contributed by atoms with Crippen molar-refractivity contribution in [3.05, 3.63) is 35.9 Å². The van der Waals surface area contributed by atoms with Crippen LogP contribution in [0.25, 0.3) is 5.57 Å². The Morgan fingerprint density at radius 2 is 2.08 bits per heavy atom. The number of allylic oxidation sites excluding steroid dienone is 1. The largest absolute Gasteiger partial charge is 0.507 e. The molecule has 2 N–H and O–H groups in total. The molecule has 0 aliphatic carbocycles. The average Bonchev–Trinajstić information content (AvgIpc) is 2.05. The van der Waals surface area contributed by atoms with Gasteiger partial charge in [-0.15, -0.1) is 0 Å². The number of aliphatic hydroxyl groups is 1. The molecule has 0 bridgehead atoms. The first-order valence-corrected chi connectivity index (χ1v) is 3.81. The Morgan fingerprint density at radius 1 is 1.42 bits per heavy atom. The topological polar surface area (TPSA) is 40.5 Å². The van der Waals surface area contributed by atoms with Crippen LogP contribution in [0, 0.1) is 0 Å². The van der Waals surface area contributed by atoms with E-state index >= 15 is 0 Å². The van der Waals surface area contributed by atoms with Gasteiger partial charge in [0.25, 0.3) is 0 Å². The lowest BCUT2D eigenvalue weighted by Gasteiger charge is -2.02. The van der Waals surface area contributed by atoms with E-state index in [9.17, 15) is 5.11 Å². The molecule has 1 aromatic rings. The highest BCUT2D eigenvalue weighted by atomic mass is 16.3. The molecule has 0 heterocycles. The van der Waals surface area contributed by atoms with E-state index in [0.717, 1.165) is 11.1 Å². The van der Waals surface area contributed by atoms with E-state index in [2.05, 4.69) is 0 Å². The van der Waals surface area contributed by atoms with Crippen molar-refractivity contribution in [1.82, 2.24) is 0 Å². The summed E-state index contributed by atoms with van der Waals surface area (Å²) in [6.07, 6.45) is 1.66. The van der Waals surface area contributed by atoms with Gasteiger partial charge >= 0.3 is 0 Å². The number of aliphatic hydroxyl groups excluding tert-OH is 1. The molecule has 0 aliphatic heterocycles. The SMILES string of the molecule is CC(=CCO)c1ccccc1O. The molecule has 0 aromatic heterocycles. The number of para-hydroxylation sites is 1. The second-order valence-electron chi connectivity index (χ2n) is 2.59. The summed E-state index contributed by atoms with van der Waals surface area (Å²) < 4.78 is 0. The zero-order valence-electron chi connectivity index (χ0n) is 6.99. The molecule has 1 rings (SSSR count). The summed E-state index contributed by atoms with van der Waals surface area (Å²) in [7, 11) is 0. The second kappa shape index (κ2) is 3.93. The molecule has 2 heteroatoms. The minimum atomic E-state index is 0.000166. The summed E-state index contributed by atoms with van der Waals surface area (Å²) in [6, 6.07) is 7.07. The van der Waals surface area contributed by atoms with Crippen LogP contribution in [0.4, 0.5) is 0 Å². The van der Waals surface area contributed by atoms with Crippen molar-refractivity contribution in [1.29, 1.82) is 0 Å². The molecule has 0 spiro atoms. The van der Waals surface area contributed by atoms with E-state index in [1.54, 1.807) is 18.2 Å². The molecule has 0 radical (unpaired) electrons. The maximum Gasteiger partial charge on any atom is 0.123 e. The fourth-order valence-corrected chi connectivity index (χ4v) is 1.05. The standard InChI is InChI=1S/C10H12O2/c1-8(6-7-11)9-4-2-3-5-10(9)12/h2-6,11-12H,7H2,1H3. The molecule has 0 atom stereocenters. The number of rotatable bonds is 2. The van der Waals surface area contributed by atoms with Crippen LogP contribution in [0.15, 0.2) is 30.3 Å². The van der Waals surface area contributed by atoms with Crippen molar-refractivity contribution >= 4 is 5.57 Å². The van der Waals surface area contributed by atoms with Gasteiger partial charge in [0.1, 0.15) is 5.75 Å². The summed E-state index contributed by atoms with van der Waals surface area (Å²) in [5.41, 5.74) is 1.65. The highest BCUT2D eigenvalue weighted by molar-refractivity contribution is 5.68. The van der Waals surface area contributed by atoms with E-state index in [1.807, 2.05) is 19.1 Å². The van der Waals surface area contributed by atoms with Crippen molar-refractivity contribution in [3.63, 3.8) is 0 Å². The van der Waals surface area contributed by atoms with Gasteiger partial charge in [-0.3, -0.25) is 0 Å². The van der Waals surface area contributed by atoms with Gasteiger partial charge in [0, 0.05) is 5.56 Å². The van der Waals surface area contributed by atoms with Crippen LogP contribution < -0.4 is 0 Å². The Hall–Kier alpha value is -1.28. The molecular weight excluding hydrogens is 152 g/mol. The number of phenolic OH excluding ortho intramolecular Hbond substituents is 1. The number of hydrogen-bond acceptors (Lipinski definition) is 2. The predicted octanol–water partition coefficient (Wildman–Crippen LogP) is 1.79. The lowest BCUT2D eigenvalue weighted by Crippen LogP contribution is -1.82. The molecule has 12 heavy (non-hydrogen) atoms. The van der Waals surface area contributed by atoms with E-state index in [0.29, 0.717) is 0 Å². The van der Waals surface area contributed by atoms with Gasteiger partial charge in [-0.05, 0) is 18.6 Å². The molecule has 0 unspecified atom stereocenters. The van der Waals surface area contributed by atoms with Gasteiger partial charge in [-0.1, -0.05) is 24.3 Å². The van der Waals surface area contributed by atoms with E-state index in [-0.39, 0.29) is 12.4 Å². The minimum Gasteiger partial charge on any atom is -0.507 e. The molecule has 0 amide bonds. The summed E-state index contributed by atoms with van der Waals surface area (Å²) in [5, 5.41) is 18.0. The van der Waals surface area contributed by atoms with E-state index < -0.39 is 0 Å². The smallest absolute Gasteiger partial charge is 0.123 e. The minimum absolute atomic E-state index is 0.000166. The van der Waals surface area contributed by atoms with Crippen molar-refractivity contribution < 1.29 is 10.2 Å². The Kier molecular flexibility index (Phi) is 2.88. The van der Waals surface area contributed by atoms with Gasteiger partial charge < -0.3 is 10.2 Å². The monoisotopic (exact) mass is 164 g/mol. The lowest BCUT2D eigenvalue weighted by atomic mass is 10.1. The van der Waals surface area contributed by atoms with Gasteiger partial charge in [0.15, 0.2) is 0 Å². The van der Waals surface area contributed by atoms with Gasteiger partial charge in [-0.2, -0.15) is 0 Å². The lowest BCUT2D eigenvalue weighted by molar-refractivity contribution is 0.343. The fourth-order valence-electron chi connectivity index (χ4n) is 1.05. The predicted molar refractivity (Wildman–Crippen MR) is 48.8 cm³/mol. The third-order valence-electron chi connectivity index (χ3n) is 1.73. The zero-order chi connectivity index (χ0) is 8.97. The van der Waals surface area contributed by atoms with Crippen LogP contribution in [0.1, 0.15) is 12.5 Å². The van der Waals surface area contributed by atoms with Crippen LogP contribution in [0.2, 0.25) is 0 Å². The second-order valence-corrected chi connectivity index (χ2v) is 2.59. The van der Waals surface area contributed by atoms with Crippen molar-refractivity contribution in [2.75, 3.05) is 6.61 Å². The molecule has 0 saturated carbocycles. The van der Waals surface area contributed by atoms with Crippen molar-refractivity contribution in [2.24, 2.45) is 0 Å². The van der Waals surface area contributed by atoms with E-state index in [4.69, 9.17) is 5.11 Å². The summed E-state index contributed by atoms with van der Waals surface area (Å²) in [6.45, 7) is 1.85. The van der Waals surface area contributed by atoms with Crippen LogP contribution in [0.3, 0.4) is 0 Å². The van der Waals surface area contributed by atoms with Gasteiger partial charge in [0.05, 0.1) is 6.61 Å². The molecule has 64 valence electrons. The number of aromatic hydroxyl groups is 1.